The van der Waals surface area contributed by atoms with Crippen molar-refractivity contribution < 1.29 is 18.3 Å². The van der Waals surface area contributed by atoms with E-state index in [2.05, 4.69) is 15.9 Å². The maximum absolute atomic E-state index is 14.2. The quantitative estimate of drug-likeness (QED) is 0.689. The Kier molecular flexibility index (Phi) is 5.06. The standard InChI is InChI=1S/C15H12BrClF2O2/c1-20-13-6-9(11(18)7-14(13)21-2)15(16)8-3-4-10(17)12(19)5-8/h3-7,15H,1-2H3. The first-order chi connectivity index (χ1) is 9.97. The second-order valence-electron chi connectivity index (χ2n) is 4.26. The van der Waals surface area contributed by atoms with Gasteiger partial charge in [0.1, 0.15) is 11.6 Å². The van der Waals surface area contributed by atoms with E-state index in [9.17, 15) is 8.78 Å². The Hall–Kier alpha value is -1.33. The number of alkyl halides is 1. The molecule has 0 radical (unpaired) electrons. The molecule has 1 atom stereocenters. The number of methoxy groups -OCH3 is 2. The zero-order chi connectivity index (χ0) is 15.6. The molecule has 2 aromatic rings. The lowest BCUT2D eigenvalue weighted by molar-refractivity contribution is 0.351. The van der Waals surface area contributed by atoms with Gasteiger partial charge in [-0.25, -0.2) is 8.78 Å². The number of rotatable bonds is 4. The van der Waals surface area contributed by atoms with E-state index in [4.69, 9.17) is 21.1 Å². The molecule has 1 unspecified atom stereocenters. The molecule has 112 valence electrons. The summed E-state index contributed by atoms with van der Waals surface area (Å²) in [6, 6.07) is 7.06. The van der Waals surface area contributed by atoms with E-state index in [1.54, 1.807) is 6.07 Å². The molecule has 2 rings (SSSR count). The highest BCUT2D eigenvalue weighted by molar-refractivity contribution is 9.09. The minimum absolute atomic E-state index is 0.0197. The maximum Gasteiger partial charge on any atom is 0.163 e. The van der Waals surface area contributed by atoms with Gasteiger partial charge in [0.2, 0.25) is 0 Å². The predicted octanol–water partition coefficient (Wildman–Crippen LogP) is 5.12. The van der Waals surface area contributed by atoms with E-state index in [0.717, 1.165) is 0 Å². The van der Waals surface area contributed by atoms with Crippen molar-refractivity contribution in [2.24, 2.45) is 0 Å². The minimum atomic E-state index is -0.556. The molecule has 6 heteroatoms. The molecule has 0 saturated heterocycles. The molecule has 0 amide bonds. The van der Waals surface area contributed by atoms with Gasteiger partial charge >= 0.3 is 0 Å². The lowest BCUT2D eigenvalue weighted by Crippen LogP contribution is -2.00. The number of hydrogen-bond donors (Lipinski definition) is 0. The summed E-state index contributed by atoms with van der Waals surface area (Å²) < 4.78 is 37.9. The molecule has 0 bridgehead atoms. The number of benzene rings is 2. The van der Waals surface area contributed by atoms with Gasteiger partial charge in [0.15, 0.2) is 11.5 Å². The molecular formula is C15H12BrClF2O2. The van der Waals surface area contributed by atoms with Crippen molar-refractivity contribution in [2.75, 3.05) is 14.2 Å². The Labute approximate surface area is 134 Å². The molecule has 0 aliphatic rings. The fourth-order valence-corrected chi connectivity index (χ4v) is 2.67. The van der Waals surface area contributed by atoms with Crippen LogP contribution in [0.25, 0.3) is 0 Å². The topological polar surface area (TPSA) is 18.5 Å². The van der Waals surface area contributed by atoms with E-state index >= 15 is 0 Å². The van der Waals surface area contributed by atoms with Gasteiger partial charge in [-0.15, -0.1) is 0 Å². The summed E-state index contributed by atoms with van der Waals surface area (Å²) in [5.41, 5.74) is 0.859. The van der Waals surface area contributed by atoms with E-state index < -0.39 is 16.5 Å². The Morgan fingerprint density at radius 2 is 1.62 bits per heavy atom. The van der Waals surface area contributed by atoms with Crippen molar-refractivity contribution in [3.05, 3.63) is 58.1 Å². The average Bonchev–Trinajstić information content (AvgIpc) is 2.49. The summed E-state index contributed by atoms with van der Waals surface area (Å²) in [4.78, 5) is -0.538. The number of halogens is 4. The largest absolute Gasteiger partial charge is 0.493 e. The predicted molar refractivity (Wildman–Crippen MR) is 81.7 cm³/mol. The van der Waals surface area contributed by atoms with Gasteiger partial charge in [-0.3, -0.25) is 0 Å². The van der Waals surface area contributed by atoms with E-state index in [1.165, 1.54) is 38.5 Å². The molecule has 21 heavy (non-hydrogen) atoms. The summed E-state index contributed by atoms with van der Waals surface area (Å²) in [5, 5.41) is 0.0197. The Morgan fingerprint density at radius 3 is 2.19 bits per heavy atom. The maximum atomic E-state index is 14.2. The first-order valence-corrected chi connectivity index (χ1v) is 7.27. The molecule has 0 N–H and O–H groups in total. The molecule has 2 aromatic carbocycles. The van der Waals surface area contributed by atoms with Crippen LogP contribution < -0.4 is 9.47 Å². The van der Waals surface area contributed by atoms with E-state index in [1.807, 2.05) is 0 Å². The fraction of sp³-hybridized carbons (Fsp3) is 0.200. The van der Waals surface area contributed by atoms with Crippen LogP contribution in [0.1, 0.15) is 16.0 Å². The Morgan fingerprint density at radius 1 is 1.00 bits per heavy atom. The third-order valence-corrected chi connectivity index (χ3v) is 4.34. The number of ether oxygens (including phenoxy) is 2. The molecule has 0 saturated carbocycles. The van der Waals surface area contributed by atoms with E-state index in [-0.39, 0.29) is 5.02 Å². The van der Waals surface area contributed by atoms with E-state index in [0.29, 0.717) is 22.6 Å². The van der Waals surface area contributed by atoms with Crippen molar-refractivity contribution in [3.63, 3.8) is 0 Å². The summed E-state index contributed by atoms with van der Waals surface area (Å²) >= 11 is 9.02. The average molecular weight is 378 g/mol. The van der Waals surface area contributed by atoms with Crippen LogP contribution in [0, 0.1) is 11.6 Å². The van der Waals surface area contributed by atoms with Gasteiger partial charge in [-0.1, -0.05) is 33.6 Å². The summed E-state index contributed by atoms with van der Waals surface area (Å²) in [6.45, 7) is 0. The molecule has 0 aliphatic carbocycles. The Balaban J connectivity index is 2.47. The molecule has 0 heterocycles. The molecule has 0 aliphatic heterocycles. The van der Waals surface area contributed by atoms with Crippen LogP contribution in [-0.2, 0) is 0 Å². The van der Waals surface area contributed by atoms with Crippen molar-refractivity contribution in [2.45, 2.75) is 4.83 Å². The molecule has 0 fully saturated rings. The highest BCUT2D eigenvalue weighted by Crippen LogP contribution is 2.39. The second kappa shape index (κ2) is 6.62. The van der Waals surface area contributed by atoms with Gasteiger partial charge < -0.3 is 9.47 Å². The lowest BCUT2D eigenvalue weighted by atomic mass is 10.0. The van der Waals surface area contributed by atoms with Gasteiger partial charge in [0.05, 0.1) is 24.1 Å². The first-order valence-electron chi connectivity index (χ1n) is 5.98. The van der Waals surface area contributed by atoms with Crippen LogP contribution in [-0.4, -0.2) is 14.2 Å². The van der Waals surface area contributed by atoms with Crippen LogP contribution in [0.3, 0.4) is 0 Å². The van der Waals surface area contributed by atoms with Crippen molar-refractivity contribution in [1.29, 1.82) is 0 Å². The SMILES string of the molecule is COc1cc(F)c(C(Br)c2ccc(Cl)c(F)c2)cc1OC. The van der Waals surface area contributed by atoms with Gasteiger partial charge in [0, 0.05) is 11.6 Å². The Bertz CT molecular complexity index is 664. The zero-order valence-electron chi connectivity index (χ0n) is 11.3. The van der Waals surface area contributed by atoms with Crippen molar-refractivity contribution >= 4 is 27.5 Å². The first kappa shape index (κ1) is 16.0. The smallest absolute Gasteiger partial charge is 0.163 e. The summed E-state index contributed by atoms with van der Waals surface area (Å²) in [5.74, 6) is -0.349. The molecular weight excluding hydrogens is 366 g/mol. The van der Waals surface area contributed by atoms with Crippen LogP contribution in [0.2, 0.25) is 5.02 Å². The molecule has 0 spiro atoms. The minimum Gasteiger partial charge on any atom is -0.493 e. The highest BCUT2D eigenvalue weighted by Gasteiger charge is 2.19. The molecule has 2 nitrogen and oxygen atoms in total. The van der Waals surface area contributed by atoms with Crippen LogP contribution in [0.15, 0.2) is 30.3 Å². The zero-order valence-corrected chi connectivity index (χ0v) is 13.6. The third kappa shape index (κ3) is 3.30. The van der Waals surface area contributed by atoms with Gasteiger partial charge in [-0.2, -0.15) is 0 Å². The van der Waals surface area contributed by atoms with Crippen molar-refractivity contribution in [3.8, 4) is 11.5 Å². The van der Waals surface area contributed by atoms with Crippen LogP contribution in [0.5, 0.6) is 11.5 Å². The lowest BCUT2D eigenvalue weighted by Gasteiger charge is -2.15. The van der Waals surface area contributed by atoms with Gasteiger partial charge in [0.25, 0.3) is 0 Å². The highest BCUT2D eigenvalue weighted by atomic mass is 79.9. The second-order valence-corrected chi connectivity index (χ2v) is 5.59. The summed E-state index contributed by atoms with van der Waals surface area (Å²) in [7, 11) is 2.89. The number of hydrogen-bond acceptors (Lipinski definition) is 2. The molecule has 0 aromatic heterocycles. The normalized spacial score (nSPS) is 12.1. The van der Waals surface area contributed by atoms with Crippen LogP contribution in [0.4, 0.5) is 8.78 Å². The van der Waals surface area contributed by atoms with Crippen molar-refractivity contribution in [1.82, 2.24) is 0 Å². The van der Waals surface area contributed by atoms with Gasteiger partial charge in [-0.05, 0) is 23.8 Å². The summed E-state index contributed by atoms with van der Waals surface area (Å²) in [6.07, 6.45) is 0. The third-order valence-electron chi connectivity index (χ3n) is 3.01. The van der Waals surface area contributed by atoms with Crippen LogP contribution >= 0.6 is 27.5 Å². The fourth-order valence-electron chi connectivity index (χ4n) is 1.91. The monoisotopic (exact) mass is 376 g/mol.